The summed E-state index contributed by atoms with van der Waals surface area (Å²) in [5.74, 6) is -0.349. The smallest absolute Gasteiger partial charge is 0.357 e. The molecule has 0 N–H and O–H groups in total. The van der Waals surface area contributed by atoms with E-state index in [-0.39, 0.29) is 11.4 Å². The minimum absolute atomic E-state index is 0.154. The number of para-hydroxylation sites is 1. The van der Waals surface area contributed by atoms with Gasteiger partial charge in [-0.15, -0.1) is 0 Å². The summed E-state index contributed by atoms with van der Waals surface area (Å²) in [4.78, 5) is 16.6. The van der Waals surface area contributed by atoms with Crippen LogP contribution >= 0.6 is 0 Å². The summed E-state index contributed by atoms with van der Waals surface area (Å²) in [7, 11) is 0. The second-order valence-corrected chi connectivity index (χ2v) is 5.55. The van der Waals surface area contributed by atoms with Gasteiger partial charge in [0.25, 0.3) is 0 Å². The summed E-state index contributed by atoms with van der Waals surface area (Å²) in [6.45, 7) is 8.37. The summed E-state index contributed by atoms with van der Waals surface area (Å²) >= 11 is 0. The Morgan fingerprint density at radius 2 is 1.95 bits per heavy atom. The fourth-order valence-corrected chi connectivity index (χ4v) is 2.04. The van der Waals surface area contributed by atoms with Crippen molar-refractivity contribution in [3.05, 3.63) is 41.6 Å². The fourth-order valence-electron chi connectivity index (χ4n) is 2.04. The monoisotopic (exact) mass is 257 g/mol. The first-order valence-electron chi connectivity index (χ1n) is 6.51. The Balaban J connectivity index is 2.67. The zero-order valence-electron chi connectivity index (χ0n) is 11.9. The van der Waals surface area contributed by atoms with Crippen molar-refractivity contribution in [1.82, 2.24) is 4.98 Å². The molecule has 2 rings (SSSR count). The first-order valence-corrected chi connectivity index (χ1v) is 6.51. The van der Waals surface area contributed by atoms with E-state index < -0.39 is 0 Å². The molecule has 0 unspecified atom stereocenters. The second kappa shape index (κ2) is 5.00. The summed E-state index contributed by atoms with van der Waals surface area (Å²) < 4.78 is 5.11. The third kappa shape index (κ3) is 2.75. The molecule has 0 spiro atoms. The highest BCUT2D eigenvalue weighted by Gasteiger charge is 2.24. The summed E-state index contributed by atoms with van der Waals surface area (Å²) in [5.41, 5.74) is 2.01. The van der Waals surface area contributed by atoms with Crippen LogP contribution in [0.1, 0.15) is 43.7 Å². The van der Waals surface area contributed by atoms with Crippen molar-refractivity contribution in [2.45, 2.75) is 33.1 Å². The summed E-state index contributed by atoms with van der Waals surface area (Å²) in [6.07, 6.45) is 0. The van der Waals surface area contributed by atoms with Crippen LogP contribution in [0.15, 0.2) is 30.3 Å². The minimum Gasteiger partial charge on any atom is -0.461 e. The van der Waals surface area contributed by atoms with Gasteiger partial charge in [0.1, 0.15) is 0 Å². The molecular formula is C16H19NO2. The molecule has 0 amide bonds. The lowest BCUT2D eigenvalue weighted by Gasteiger charge is -2.22. The zero-order chi connectivity index (χ0) is 14.0. The topological polar surface area (TPSA) is 39.2 Å². The van der Waals surface area contributed by atoms with Crippen molar-refractivity contribution in [1.29, 1.82) is 0 Å². The Kier molecular flexibility index (Phi) is 3.56. The number of ether oxygens (including phenoxy) is 1. The summed E-state index contributed by atoms with van der Waals surface area (Å²) in [6, 6.07) is 9.84. The van der Waals surface area contributed by atoms with E-state index in [1.165, 1.54) is 0 Å². The van der Waals surface area contributed by atoms with Gasteiger partial charge in [-0.2, -0.15) is 0 Å². The van der Waals surface area contributed by atoms with E-state index >= 15 is 0 Å². The molecule has 3 heteroatoms. The van der Waals surface area contributed by atoms with Crippen molar-refractivity contribution in [3.63, 3.8) is 0 Å². The van der Waals surface area contributed by atoms with Gasteiger partial charge in [-0.3, -0.25) is 0 Å². The number of carbonyl (C=O) groups is 1. The van der Waals surface area contributed by atoms with Crippen LogP contribution in [0.4, 0.5) is 0 Å². The van der Waals surface area contributed by atoms with Crippen LogP contribution in [0.3, 0.4) is 0 Å². The highest BCUT2D eigenvalue weighted by molar-refractivity contribution is 5.93. The van der Waals surface area contributed by atoms with E-state index in [1.807, 2.05) is 30.3 Å². The molecule has 2 aromatic rings. The number of fused-ring (bicyclic) bond motifs is 1. The van der Waals surface area contributed by atoms with Gasteiger partial charge in [-0.05, 0) is 30.0 Å². The molecule has 0 saturated heterocycles. The molecule has 1 heterocycles. The molecule has 0 aliphatic carbocycles. The molecule has 1 aromatic heterocycles. The van der Waals surface area contributed by atoms with Crippen LogP contribution in [0.25, 0.3) is 10.9 Å². The van der Waals surface area contributed by atoms with Crippen LogP contribution in [-0.2, 0) is 10.2 Å². The first kappa shape index (κ1) is 13.5. The Bertz CT molecular complexity index is 612. The van der Waals surface area contributed by atoms with Gasteiger partial charge in [0.05, 0.1) is 12.1 Å². The second-order valence-electron chi connectivity index (χ2n) is 5.55. The summed E-state index contributed by atoms with van der Waals surface area (Å²) in [5, 5.41) is 1.04. The molecule has 0 fully saturated rings. The molecule has 3 nitrogen and oxygen atoms in total. The number of hydrogen-bond acceptors (Lipinski definition) is 3. The van der Waals surface area contributed by atoms with Gasteiger partial charge >= 0.3 is 5.97 Å². The number of rotatable bonds is 2. The van der Waals surface area contributed by atoms with E-state index in [1.54, 1.807) is 6.92 Å². The van der Waals surface area contributed by atoms with Crippen molar-refractivity contribution in [2.75, 3.05) is 6.61 Å². The lowest BCUT2D eigenvalue weighted by atomic mass is 9.85. The van der Waals surface area contributed by atoms with Crippen molar-refractivity contribution >= 4 is 16.9 Å². The molecule has 0 radical (unpaired) electrons. The molecule has 19 heavy (non-hydrogen) atoms. The molecule has 0 saturated carbocycles. The number of carbonyl (C=O) groups excluding carboxylic acids is 1. The van der Waals surface area contributed by atoms with Crippen LogP contribution in [-0.4, -0.2) is 17.6 Å². The number of benzene rings is 1. The fraction of sp³-hybridized carbons (Fsp3) is 0.375. The van der Waals surface area contributed by atoms with E-state index in [0.29, 0.717) is 12.3 Å². The Hall–Kier alpha value is -1.90. The van der Waals surface area contributed by atoms with Crippen molar-refractivity contribution in [3.8, 4) is 0 Å². The zero-order valence-corrected chi connectivity index (χ0v) is 11.9. The van der Waals surface area contributed by atoms with Gasteiger partial charge < -0.3 is 4.74 Å². The van der Waals surface area contributed by atoms with Crippen LogP contribution in [0.5, 0.6) is 0 Å². The Morgan fingerprint density at radius 1 is 1.26 bits per heavy atom. The molecule has 0 aliphatic heterocycles. The van der Waals surface area contributed by atoms with Crippen LogP contribution in [0, 0.1) is 0 Å². The SMILES string of the molecule is CCOC(=O)c1nc2ccccc2cc1C(C)(C)C. The van der Waals surface area contributed by atoms with Gasteiger partial charge in [0, 0.05) is 5.39 Å². The van der Waals surface area contributed by atoms with Gasteiger partial charge in [-0.25, -0.2) is 9.78 Å². The van der Waals surface area contributed by atoms with E-state index in [0.717, 1.165) is 16.5 Å². The van der Waals surface area contributed by atoms with Crippen LogP contribution in [0.2, 0.25) is 0 Å². The molecule has 100 valence electrons. The quantitative estimate of drug-likeness (QED) is 0.770. The third-order valence-electron chi connectivity index (χ3n) is 3.00. The van der Waals surface area contributed by atoms with Gasteiger partial charge in [0.2, 0.25) is 0 Å². The lowest BCUT2D eigenvalue weighted by Crippen LogP contribution is -2.20. The maximum atomic E-state index is 12.1. The number of nitrogens with zero attached hydrogens (tertiary/aromatic N) is 1. The minimum atomic E-state index is -0.349. The molecule has 1 aromatic carbocycles. The third-order valence-corrected chi connectivity index (χ3v) is 3.00. The molecular weight excluding hydrogens is 238 g/mol. The lowest BCUT2D eigenvalue weighted by molar-refractivity contribution is 0.0517. The van der Waals surface area contributed by atoms with Crippen molar-refractivity contribution in [2.24, 2.45) is 0 Å². The predicted octanol–water partition coefficient (Wildman–Crippen LogP) is 3.71. The van der Waals surface area contributed by atoms with Gasteiger partial charge in [0.15, 0.2) is 5.69 Å². The number of pyridine rings is 1. The largest absolute Gasteiger partial charge is 0.461 e. The maximum Gasteiger partial charge on any atom is 0.357 e. The van der Waals surface area contributed by atoms with E-state index in [4.69, 9.17) is 4.74 Å². The predicted molar refractivity (Wildman–Crippen MR) is 76.4 cm³/mol. The van der Waals surface area contributed by atoms with Crippen molar-refractivity contribution < 1.29 is 9.53 Å². The van der Waals surface area contributed by atoms with E-state index in [9.17, 15) is 4.79 Å². The normalized spacial score (nSPS) is 11.6. The maximum absolute atomic E-state index is 12.1. The van der Waals surface area contributed by atoms with Crippen LogP contribution < -0.4 is 0 Å². The van der Waals surface area contributed by atoms with E-state index in [2.05, 4.69) is 25.8 Å². The highest BCUT2D eigenvalue weighted by atomic mass is 16.5. The Morgan fingerprint density at radius 3 is 2.58 bits per heavy atom. The number of aromatic nitrogens is 1. The highest BCUT2D eigenvalue weighted by Crippen LogP contribution is 2.28. The molecule has 0 atom stereocenters. The number of hydrogen-bond donors (Lipinski definition) is 0. The standard InChI is InChI=1S/C16H19NO2/c1-5-19-15(18)14-12(16(2,3)4)10-11-8-6-7-9-13(11)17-14/h6-10H,5H2,1-4H3. The molecule has 0 aliphatic rings. The first-order chi connectivity index (χ1) is 8.93. The molecule has 0 bridgehead atoms. The Labute approximate surface area is 113 Å². The number of esters is 1. The average molecular weight is 257 g/mol. The van der Waals surface area contributed by atoms with Gasteiger partial charge in [-0.1, -0.05) is 39.0 Å². The average Bonchev–Trinajstić information content (AvgIpc) is 2.36.